The molecule has 0 radical (unpaired) electrons. The normalized spacial score (nSPS) is 11.1. The maximum absolute atomic E-state index is 13.4. The summed E-state index contributed by atoms with van der Waals surface area (Å²) in [7, 11) is -0.382. The first kappa shape index (κ1) is 17.0. The second kappa shape index (κ2) is 6.37. The Morgan fingerprint density at radius 2 is 1.74 bits per heavy atom. The van der Waals surface area contributed by atoms with E-state index in [4.69, 9.17) is 4.74 Å². The number of halogens is 1. The van der Waals surface area contributed by atoms with Gasteiger partial charge in [-0.05, 0) is 35.4 Å². The van der Waals surface area contributed by atoms with Crippen LogP contribution in [0.3, 0.4) is 0 Å². The summed E-state index contributed by atoms with van der Waals surface area (Å²) in [5, 5.41) is 0. The lowest BCUT2D eigenvalue weighted by molar-refractivity contribution is 0.0827. The van der Waals surface area contributed by atoms with E-state index in [9.17, 15) is 17.1 Å². The Labute approximate surface area is 134 Å². The maximum Gasteiger partial charge on any atom is 0.335 e. The Kier molecular flexibility index (Phi) is 4.70. The molecule has 0 saturated heterocycles. The Morgan fingerprint density at radius 3 is 2.30 bits per heavy atom. The van der Waals surface area contributed by atoms with Crippen molar-refractivity contribution in [1.29, 1.82) is 0 Å². The Hall–Kier alpha value is -2.41. The maximum atomic E-state index is 13.4. The third-order valence-electron chi connectivity index (χ3n) is 3.28. The molecule has 0 aliphatic rings. The number of benzene rings is 2. The van der Waals surface area contributed by atoms with E-state index < -0.39 is 15.1 Å². The van der Waals surface area contributed by atoms with Gasteiger partial charge < -0.3 is 9.64 Å². The molecule has 0 N–H and O–H groups in total. The van der Waals surface area contributed by atoms with Crippen molar-refractivity contribution in [3.63, 3.8) is 0 Å². The van der Waals surface area contributed by atoms with E-state index >= 15 is 0 Å². The van der Waals surface area contributed by atoms with E-state index in [0.717, 1.165) is 0 Å². The molecule has 2 aromatic carbocycles. The highest BCUT2D eigenvalue weighted by Gasteiger charge is 2.19. The SMILES string of the molecule is COc1ccc(-c2cccc(C(=O)N(C)C)c2)cc1S(=O)(=O)F. The van der Waals surface area contributed by atoms with Gasteiger partial charge in [-0.25, -0.2) is 0 Å². The van der Waals surface area contributed by atoms with Crippen molar-refractivity contribution < 1.29 is 21.8 Å². The summed E-state index contributed by atoms with van der Waals surface area (Å²) in [5.74, 6) is -0.254. The molecule has 122 valence electrons. The zero-order chi connectivity index (χ0) is 17.2. The standard InChI is InChI=1S/C16H16FNO4S/c1-18(2)16(19)13-6-4-5-11(9-13)12-7-8-14(22-3)15(10-12)23(17,20)21/h4-10H,1-3H3. The number of amides is 1. The van der Waals surface area contributed by atoms with Crippen LogP contribution < -0.4 is 4.74 Å². The summed E-state index contributed by atoms with van der Waals surface area (Å²) >= 11 is 0. The van der Waals surface area contributed by atoms with E-state index in [1.165, 1.54) is 24.1 Å². The minimum Gasteiger partial charge on any atom is -0.495 e. The Bertz CT molecular complexity index is 847. The van der Waals surface area contributed by atoms with E-state index in [1.807, 2.05) is 0 Å². The molecule has 2 rings (SSSR count). The average molecular weight is 337 g/mol. The van der Waals surface area contributed by atoms with Crippen molar-refractivity contribution in [3.05, 3.63) is 48.0 Å². The highest BCUT2D eigenvalue weighted by atomic mass is 32.3. The molecule has 0 spiro atoms. The number of hydrogen-bond donors (Lipinski definition) is 0. The van der Waals surface area contributed by atoms with Gasteiger partial charge in [0.1, 0.15) is 10.6 Å². The topological polar surface area (TPSA) is 63.7 Å². The van der Waals surface area contributed by atoms with Crippen LogP contribution in [0.1, 0.15) is 10.4 Å². The van der Waals surface area contributed by atoms with E-state index in [-0.39, 0.29) is 11.7 Å². The summed E-state index contributed by atoms with van der Waals surface area (Å²) in [4.78, 5) is 12.9. The lowest BCUT2D eigenvalue weighted by Crippen LogP contribution is -2.21. The molecular formula is C16H16FNO4S. The van der Waals surface area contributed by atoms with Crippen LogP contribution in [0.5, 0.6) is 5.75 Å². The summed E-state index contributed by atoms with van der Waals surface area (Å²) in [6.07, 6.45) is 0. The van der Waals surface area contributed by atoms with Crippen LogP contribution >= 0.6 is 0 Å². The molecule has 7 heteroatoms. The van der Waals surface area contributed by atoms with Crippen LogP contribution in [-0.2, 0) is 10.2 Å². The molecule has 0 atom stereocenters. The smallest absolute Gasteiger partial charge is 0.335 e. The molecule has 23 heavy (non-hydrogen) atoms. The fourth-order valence-electron chi connectivity index (χ4n) is 2.14. The summed E-state index contributed by atoms with van der Waals surface area (Å²) in [6, 6.07) is 10.8. The Balaban J connectivity index is 2.55. The zero-order valence-electron chi connectivity index (χ0n) is 12.9. The first-order valence-electron chi connectivity index (χ1n) is 6.69. The van der Waals surface area contributed by atoms with Crippen molar-refractivity contribution in [3.8, 4) is 16.9 Å². The van der Waals surface area contributed by atoms with Gasteiger partial charge in [-0.1, -0.05) is 18.2 Å². The number of hydrogen-bond acceptors (Lipinski definition) is 4. The monoisotopic (exact) mass is 337 g/mol. The minimum atomic E-state index is -4.92. The molecule has 0 bridgehead atoms. The van der Waals surface area contributed by atoms with Gasteiger partial charge >= 0.3 is 10.2 Å². The van der Waals surface area contributed by atoms with Gasteiger partial charge in [0.05, 0.1) is 7.11 Å². The number of carbonyl (C=O) groups excluding carboxylic acids is 1. The third kappa shape index (κ3) is 3.68. The van der Waals surface area contributed by atoms with Gasteiger partial charge in [0, 0.05) is 19.7 Å². The van der Waals surface area contributed by atoms with Crippen LogP contribution in [0.15, 0.2) is 47.4 Å². The molecule has 0 aliphatic carbocycles. The first-order valence-corrected chi connectivity index (χ1v) is 8.07. The number of carbonyl (C=O) groups is 1. The zero-order valence-corrected chi connectivity index (χ0v) is 13.7. The lowest BCUT2D eigenvalue weighted by Gasteiger charge is -2.12. The molecule has 0 unspecified atom stereocenters. The molecule has 0 fully saturated rings. The van der Waals surface area contributed by atoms with Crippen LogP contribution in [-0.4, -0.2) is 40.4 Å². The van der Waals surface area contributed by atoms with E-state index in [2.05, 4.69) is 0 Å². The van der Waals surface area contributed by atoms with E-state index in [1.54, 1.807) is 44.4 Å². The van der Waals surface area contributed by atoms with Crippen LogP contribution in [0.4, 0.5) is 3.89 Å². The molecule has 5 nitrogen and oxygen atoms in total. The molecular weight excluding hydrogens is 321 g/mol. The fourth-order valence-corrected chi connectivity index (χ4v) is 2.80. The minimum absolute atomic E-state index is 0.0724. The van der Waals surface area contributed by atoms with Gasteiger partial charge in [-0.3, -0.25) is 4.79 Å². The average Bonchev–Trinajstić information content (AvgIpc) is 2.52. The highest BCUT2D eigenvalue weighted by Crippen LogP contribution is 2.31. The molecule has 2 aromatic rings. The van der Waals surface area contributed by atoms with Crippen molar-refractivity contribution in [1.82, 2.24) is 4.90 Å². The second-order valence-corrected chi connectivity index (χ2v) is 6.40. The number of methoxy groups -OCH3 is 1. The highest BCUT2D eigenvalue weighted by molar-refractivity contribution is 7.86. The Morgan fingerprint density at radius 1 is 1.09 bits per heavy atom. The van der Waals surface area contributed by atoms with Crippen LogP contribution in [0.2, 0.25) is 0 Å². The van der Waals surface area contributed by atoms with Gasteiger partial charge in [0.25, 0.3) is 5.91 Å². The van der Waals surface area contributed by atoms with Crippen LogP contribution in [0, 0.1) is 0 Å². The third-order valence-corrected chi connectivity index (χ3v) is 4.12. The fraction of sp³-hybridized carbons (Fsp3) is 0.188. The quantitative estimate of drug-likeness (QED) is 0.805. The number of ether oxygens (including phenoxy) is 1. The predicted molar refractivity (Wildman–Crippen MR) is 84.7 cm³/mol. The molecule has 0 aromatic heterocycles. The molecule has 0 aliphatic heterocycles. The number of nitrogens with zero attached hydrogens (tertiary/aromatic N) is 1. The first-order chi connectivity index (χ1) is 10.7. The van der Waals surface area contributed by atoms with Crippen molar-refractivity contribution >= 4 is 16.1 Å². The van der Waals surface area contributed by atoms with Gasteiger partial charge in [0.15, 0.2) is 0 Å². The van der Waals surface area contributed by atoms with Gasteiger partial charge in [-0.15, -0.1) is 3.89 Å². The van der Waals surface area contributed by atoms with Gasteiger partial charge in [-0.2, -0.15) is 8.42 Å². The van der Waals surface area contributed by atoms with Gasteiger partial charge in [0.2, 0.25) is 0 Å². The second-order valence-electron chi connectivity index (χ2n) is 5.08. The molecule has 0 saturated carbocycles. The lowest BCUT2D eigenvalue weighted by atomic mass is 10.0. The van der Waals surface area contributed by atoms with Crippen molar-refractivity contribution in [2.45, 2.75) is 4.90 Å². The van der Waals surface area contributed by atoms with Crippen molar-refractivity contribution in [2.75, 3.05) is 21.2 Å². The van der Waals surface area contributed by atoms with E-state index in [0.29, 0.717) is 16.7 Å². The summed E-state index contributed by atoms with van der Waals surface area (Å²) < 4.78 is 40.8. The number of rotatable bonds is 4. The molecule has 0 heterocycles. The largest absolute Gasteiger partial charge is 0.495 e. The summed E-state index contributed by atoms with van der Waals surface area (Å²) in [5.41, 5.74) is 1.52. The molecule has 1 amide bonds. The van der Waals surface area contributed by atoms with Crippen LogP contribution in [0.25, 0.3) is 11.1 Å². The summed E-state index contributed by atoms with van der Waals surface area (Å²) in [6.45, 7) is 0. The van der Waals surface area contributed by atoms with Crippen molar-refractivity contribution in [2.24, 2.45) is 0 Å². The predicted octanol–water partition coefficient (Wildman–Crippen LogP) is 2.72.